The third-order valence-corrected chi connectivity index (χ3v) is 3.94. The minimum Gasteiger partial charge on any atom is -0.497 e. The number of ether oxygens (including phenoxy) is 1. The van der Waals surface area contributed by atoms with Gasteiger partial charge in [0.1, 0.15) is 5.75 Å². The molecule has 0 aromatic heterocycles. The van der Waals surface area contributed by atoms with E-state index < -0.39 is 0 Å². The van der Waals surface area contributed by atoms with E-state index in [9.17, 15) is 0 Å². The van der Waals surface area contributed by atoms with Gasteiger partial charge in [-0.2, -0.15) is 0 Å². The van der Waals surface area contributed by atoms with Crippen LogP contribution in [0, 0.1) is 5.92 Å². The third-order valence-electron chi connectivity index (χ3n) is 3.94. The Kier molecular flexibility index (Phi) is 9.12. The second-order valence-electron chi connectivity index (χ2n) is 5.57. The van der Waals surface area contributed by atoms with Crippen LogP contribution >= 0.6 is 0 Å². The molecule has 124 valence electrons. The molecule has 0 heterocycles. The molecular formula is C18H31N3O. The quantitative estimate of drug-likeness (QED) is 0.541. The molecule has 0 amide bonds. The summed E-state index contributed by atoms with van der Waals surface area (Å²) in [5, 5.41) is 6.79. The van der Waals surface area contributed by atoms with Gasteiger partial charge < -0.3 is 15.4 Å². The number of aliphatic imine (C=N–C) groups is 1. The summed E-state index contributed by atoms with van der Waals surface area (Å²) in [6.07, 6.45) is 5.07. The number of guanidine groups is 1. The highest BCUT2D eigenvalue weighted by molar-refractivity contribution is 5.79. The Bertz CT molecular complexity index is 428. The molecule has 0 saturated carbocycles. The number of unbranched alkanes of at least 4 members (excludes halogenated alkanes) is 1. The first-order valence-corrected chi connectivity index (χ1v) is 8.30. The van der Waals surface area contributed by atoms with Crippen LogP contribution in [0.5, 0.6) is 5.75 Å². The first-order chi connectivity index (χ1) is 10.7. The van der Waals surface area contributed by atoms with Gasteiger partial charge in [-0.3, -0.25) is 4.99 Å². The fourth-order valence-corrected chi connectivity index (χ4v) is 2.33. The van der Waals surface area contributed by atoms with Crippen molar-refractivity contribution in [1.29, 1.82) is 0 Å². The number of benzene rings is 1. The maximum Gasteiger partial charge on any atom is 0.191 e. The first kappa shape index (κ1) is 18.3. The van der Waals surface area contributed by atoms with E-state index in [4.69, 9.17) is 4.74 Å². The monoisotopic (exact) mass is 305 g/mol. The summed E-state index contributed by atoms with van der Waals surface area (Å²) in [5.74, 6) is 2.47. The standard InChI is InChI=1S/C18H31N3O/c1-5-7-8-15(6-2)13-20-18(19-3)21-14-16-9-11-17(22-4)12-10-16/h9-12,15H,5-8,13-14H2,1-4H3,(H2,19,20,21). The highest BCUT2D eigenvalue weighted by Gasteiger charge is 2.07. The van der Waals surface area contributed by atoms with Crippen LogP contribution in [0.3, 0.4) is 0 Å². The van der Waals surface area contributed by atoms with Gasteiger partial charge in [0.25, 0.3) is 0 Å². The van der Waals surface area contributed by atoms with E-state index in [1.54, 1.807) is 7.11 Å². The van der Waals surface area contributed by atoms with Gasteiger partial charge in [-0.05, 0) is 30.0 Å². The molecule has 1 unspecified atom stereocenters. The lowest BCUT2D eigenvalue weighted by molar-refractivity contribution is 0.414. The van der Waals surface area contributed by atoms with E-state index in [-0.39, 0.29) is 0 Å². The highest BCUT2D eigenvalue weighted by Crippen LogP contribution is 2.12. The van der Waals surface area contributed by atoms with Crippen LogP contribution in [0.4, 0.5) is 0 Å². The predicted octanol–water partition coefficient (Wildman–Crippen LogP) is 3.58. The van der Waals surface area contributed by atoms with E-state index in [1.807, 2.05) is 19.2 Å². The van der Waals surface area contributed by atoms with Crippen molar-refractivity contribution in [2.75, 3.05) is 20.7 Å². The lowest BCUT2D eigenvalue weighted by Gasteiger charge is -2.18. The molecule has 4 nitrogen and oxygen atoms in total. The Morgan fingerprint density at radius 3 is 2.45 bits per heavy atom. The van der Waals surface area contributed by atoms with E-state index in [0.29, 0.717) is 0 Å². The Morgan fingerprint density at radius 1 is 1.18 bits per heavy atom. The molecule has 0 aliphatic heterocycles. The normalized spacial score (nSPS) is 12.8. The van der Waals surface area contributed by atoms with Gasteiger partial charge in [0, 0.05) is 20.1 Å². The highest BCUT2D eigenvalue weighted by atomic mass is 16.5. The van der Waals surface area contributed by atoms with E-state index in [1.165, 1.54) is 31.2 Å². The largest absolute Gasteiger partial charge is 0.497 e. The Hall–Kier alpha value is -1.71. The SMILES string of the molecule is CCCCC(CC)CNC(=NC)NCc1ccc(OC)cc1. The molecule has 1 aromatic carbocycles. The van der Waals surface area contributed by atoms with Crippen molar-refractivity contribution < 1.29 is 4.74 Å². The van der Waals surface area contributed by atoms with Gasteiger partial charge in [0.05, 0.1) is 7.11 Å². The fourth-order valence-electron chi connectivity index (χ4n) is 2.33. The molecular weight excluding hydrogens is 274 g/mol. The zero-order valence-corrected chi connectivity index (χ0v) is 14.5. The number of methoxy groups -OCH3 is 1. The molecule has 0 fully saturated rings. The number of hydrogen-bond donors (Lipinski definition) is 2. The van der Waals surface area contributed by atoms with Crippen LogP contribution in [0.2, 0.25) is 0 Å². The van der Waals surface area contributed by atoms with Crippen molar-refractivity contribution in [2.24, 2.45) is 10.9 Å². The summed E-state index contributed by atoms with van der Waals surface area (Å²) >= 11 is 0. The summed E-state index contributed by atoms with van der Waals surface area (Å²) < 4.78 is 5.17. The Morgan fingerprint density at radius 2 is 1.91 bits per heavy atom. The molecule has 2 N–H and O–H groups in total. The zero-order valence-electron chi connectivity index (χ0n) is 14.5. The van der Waals surface area contributed by atoms with E-state index in [2.05, 4.69) is 41.6 Å². The van der Waals surface area contributed by atoms with Crippen molar-refractivity contribution in [1.82, 2.24) is 10.6 Å². The molecule has 1 atom stereocenters. The number of nitrogens with zero attached hydrogens (tertiary/aromatic N) is 1. The summed E-state index contributed by atoms with van der Waals surface area (Å²) in [6, 6.07) is 8.08. The van der Waals surface area contributed by atoms with Crippen LogP contribution in [0.25, 0.3) is 0 Å². The van der Waals surface area contributed by atoms with Crippen molar-refractivity contribution in [3.05, 3.63) is 29.8 Å². The van der Waals surface area contributed by atoms with Crippen molar-refractivity contribution >= 4 is 5.96 Å². The average molecular weight is 305 g/mol. The molecule has 1 rings (SSSR count). The summed E-state index contributed by atoms with van der Waals surface area (Å²) in [7, 11) is 3.50. The lowest BCUT2D eigenvalue weighted by atomic mass is 9.99. The van der Waals surface area contributed by atoms with Crippen molar-refractivity contribution in [2.45, 2.75) is 46.1 Å². The minimum atomic E-state index is 0.722. The van der Waals surface area contributed by atoms with Gasteiger partial charge in [-0.1, -0.05) is 45.2 Å². The second-order valence-corrected chi connectivity index (χ2v) is 5.57. The molecule has 0 aliphatic carbocycles. The maximum atomic E-state index is 5.17. The first-order valence-electron chi connectivity index (χ1n) is 8.30. The molecule has 1 aromatic rings. The molecule has 0 saturated heterocycles. The number of hydrogen-bond acceptors (Lipinski definition) is 2. The van der Waals surface area contributed by atoms with E-state index in [0.717, 1.165) is 30.7 Å². The predicted molar refractivity (Wildman–Crippen MR) is 94.5 cm³/mol. The van der Waals surface area contributed by atoms with E-state index >= 15 is 0 Å². The smallest absolute Gasteiger partial charge is 0.191 e. The lowest BCUT2D eigenvalue weighted by Crippen LogP contribution is -2.39. The molecule has 0 spiro atoms. The Labute approximate surface area is 135 Å². The summed E-state index contributed by atoms with van der Waals surface area (Å²) in [6.45, 7) is 6.25. The van der Waals surface area contributed by atoms with Crippen LogP contribution in [-0.2, 0) is 6.54 Å². The zero-order chi connectivity index (χ0) is 16.2. The van der Waals surface area contributed by atoms with Gasteiger partial charge >= 0.3 is 0 Å². The topological polar surface area (TPSA) is 45.7 Å². The van der Waals surface area contributed by atoms with Crippen molar-refractivity contribution in [3.63, 3.8) is 0 Å². The van der Waals surface area contributed by atoms with Crippen LogP contribution in [0.15, 0.2) is 29.3 Å². The average Bonchev–Trinajstić information content (AvgIpc) is 2.58. The fraction of sp³-hybridized carbons (Fsp3) is 0.611. The Balaban J connectivity index is 2.38. The molecule has 4 heteroatoms. The molecule has 0 aliphatic rings. The van der Waals surface area contributed by atoms with Gasteiger partial charge in [-0.15, -0.1) is 0 Å². The van der Waals surface area contributed by atoms with Gasteiger partial charge in [-0.25, -0.2) is 0 Å². The van der Waals surface area contributed by atoms with Crippen LogP contribution < -0.4 is 15.4 Å². The number of rotatable bonds is 9. The minimum absolute atomic E-state index is 0.722. The van der Waals surface area contributed by atoms with Gasteiger partial charge in [0.2, 0.25) is 0 Å². The third kappa shape index (κ3) is 6.83. The van der Waals surface area contributed by atoms with Gasteiger partial charge in [0.15, 0.2) is 5.96 Å². The van der Waals surface area contributed by atoms with Crippen molar-refractivity contribution in [3.8, 4) is 5.75 Å². The maximum absolute atomic E-state index is 5.17. The molecule has 0 bridgehead atoms. The van der Waals surface area contributed by atoms with Crippen LogP contribution in [0.1, 0.15) is 45.1 Å². The summed E-state index contributed by atoms with van der Waals surface area (Å²) in [4.78, 5) is 4.29. The summed E-state index contributed by atoms with van der Waals surface area (Å²) in [5.41, 5.74) is 1.21. The molecule has 22 heavy (non-hydrogen) atoms. The number of nitrogens with one attached hydrogen (secondary N) is 2. The molecule has 0 radical (unpaired) electrons. The second kappa shape index (κ2) is 10.9. The van der Waals surface area contributed by atoms with Crippen LogP contribution in [-0.4, -0.2) is 26.7 Å².